The van der Waals surface area contributed by atoms with Gasteiger partial charge in [0.15, 0.2) is 0 Å². The van der Waals surface area contributed by atoms with E-state index in [1.165, 1.54) is 24.3 Å². The summed E-state index contributed by atoms with van der Waals surface area (Å²) in [5.74, 6) is 0.302. The Morgan fingerprint density at radius 1 is 1.17 bits per heavy atom. The summed E-state index contributed by atoms with van der Waals surface area (Å²) in [4.78, 5) is 10.2. The van der Waals surface area contributed by atoms with Crippen molar-refractivity contribution in [2.75, 3.05) is 11.3 Å². The summed E-state index contributed by atoms with van der Waals surface area (Å²) in [7, 11) is -3.67. The van der Waals surface area contributed by atoms with Gasteiger partial charge in [0.25, 0.3) is 5.69 Å². The van der Waals surface area contributed by atoms with Crippen LogP contribution in [0.25, 0.3) is 0 Å². The molecule has 0 aliphatic rings. The molecule has 2 rings (SSSR count). The molecule has 8 heteroatoms. The maximum atomic E-state index is 12.1. The Labute approximate surface area is 134 Å². The number of ether oxygens (including phenoxy) is 1. The second-order valence-electron chi connectivity index (χ2n) is 4.75. The first-order valence-electron chi connectivity index (χ1n) is 6.86. The van der Waals surface area contributed by atoms with Crippen LogP contribution in [0.15, 0.2) is 48.5 Å². The summed E-state index contributed by atoms with van der Waals surface area (Å²) in [6.07, 6.45) is 0. The van der Waals surface area contributed by atoms with Gasteiger partial charge in [-0.1, -0.05) is 12.1 Å². The maximum absolute atomic E-state index is 12.1. The highest BCUT2D eigenvalue weighted by Gasteiger charge is 2.14. The van der Waals surface area contributed by atoms with Gasteiger partial charge >= 0.3 is 0 Å². The molecule has 0 atom stereocenters. The second-order valence-corrected chi connectivity index (χ2v) is 6.47. The zero-order valence-electron chi connectivity index (χ0n) is 12.4. The summed E-state index contributed by atoms with van der Waals surface area (Å²) in [6.45, 7) is 2.38. The summed E-state index contributed by atoms with van der Waals surface area (Å²) >= 11 is 0. The minimum atomic E-state index is -3.67. The molecule has 0 unspecified atom stereocenters. The van der Waals surface area contributed by atoms with Crippen molar-refractivity contribution in [3.05, 3.63) is 64.2 Å². The second kappa shape index (κ2) is 7.10. The molecule has 0 aromatic heterocycles. The number of non-ortho nitro benzene ring substituents is 1. The fourth-order valence-electron chi connectivity index (χ4n) is 1.98. The number of hydrogen-bond donors (Lipinski definition) is 1. The van der Waals surface area contributed by atoms with E-state index >= 15 is 0 Å². The van der Waals surface area contributed by atoms with Gasteiger partial charge in [-0.05, 0) is 36.8 Å². The first-order valence-corrected chi connectivity index (χ1v) is 8.51. The van der Waals surface area contributed by atoms with Crippen LogP contribution in [0, 0.1) is 10.1 Å². The normalized spacial score (nSPS) is 11.0. The van der Waals surface area contributed by atoms with Crippen LogP contribution < -0.4 is 9.46 Å². The van der Waals surface area contributed by atoms with Crippen molar-refractivity contribution in [3.8, 4) is 5.75 Å². The third-order valence-electron chi connectivity index (χ3n) is 2.92. The zero-order chi connectivity index (χ0) is 16.9. The standard InChI is InChI=1S/C15H16N2O5S/c1-2-22-15-8-6-13(7-9-15)16-23(20,21)11-12-4-3-5-14(10-12)17(18)19/h3-10,16H,2,11H2,1H3. The van der Waals surface area contributed by atoms with E-state index in [0.29, 0.717) is 23.6 Å². The molecule has 0 amide bonds. The quantitative estimate of drug-likeness (QED) is 0.619. The number of rotatable bonds is 7. The molecule has 0 radical (unpaired) electrons. The molecule has 0 spiro atoms. The van der Waals surface area contributed by atoms with Gasteiger partial charge in [0.05, 0.1) is 17.3 Å². The third kappa shape index (κ3) is 4.96. The Morgan fingerprint density at radius 2 is 1.87 bits per heavy atom. The molecule has 0 aliphatic heterocycles. The number of hydrogen-bond acceptors (Lipinski definition) is 5. The lowest BCUT2D eigenvalue weighted by Gasteiger charge is -2.09. The van der Waals surface area contributed by atoms with E-state index < -0.39 is 14.9 Å². The average molecular weight is 336 g/mol. The number of benzene rings is 2. The Balaban J connectivity index is 2.09. The minimum absolute atomic E-state index is 0.140. The molecule has 0 bridgehead atoms. The van der Waals surface area contributed by atoms with Crippen molar-refractivity contribution in [1.82, 2.24) is 0 Å². The van der Waals surface area contributed by atoms with E-state index in [2.05, 4.69) is 4.72 Å². The SMILES string of the molecule is CCOc1ccc(NS(=O)(=O)Cc2cccc([N+](=O)[O-])c2)cc1. The number of sulfonamides is 1. The molecule has 0 saturated carbocycles. The Morgan fingerprint density at radius 3 is 2.48 bits per heavy atom. The van der Waals surface area contributed by atoms with Gasteiger partial charge in [0.2, 0.25) is 10.0 Å². The van der Waals surface area contributed by atoms with Gasteiger partial charge in [-0.25, -0.2) is 8.42 Å². The largest absolute Gasteiger partial charge is 0.494 e. The Kier molecular flexibility index (Phi) is 5.17. The van der Waals surface area contributed by atoms with Crippen LogP contribution in [0.4, 0.5) is 11.4 Å². The molecular weight excluding hydrogens is 320 g/mol. The van der Waals surface area contributed by atoms with E-state index in [1.54, 1.807) is 24.3 Å². The highest BCUT2D eigenvalue weighted by Crippen LogP contribution is 2.19. The summed E-state index contributed by atoms with van der Waals surface area (Å²) in [6, 6.07) is 12.1. The predicted molar refractivity (Wildman–Crippen MR) is 87.0 cm³/mol. The number of nitro benzene ring substituents is 1. The van der Waals surface area contributed by atoms with Crippen LogP contribution in [0.1, 0.15) is 12.5 Å². The van der Waals surface area contributed by atoms with Gasteiger partial charge < -0.3 is 4.74 Å². The van der Waals surface area contributed by atoms with Crippen LogP contribution in [-0.4, -0.2) is 19.9 Å². The smallest absolute Gasteiger partial charge is 0.269 e. The Hall–Kier alpha value is -2.61. The van der Waals surface area contributed by atoms with Gasteiger partial charge in [-0.15, -0.1) is 0 Å². The lowest BCUT2D eigenvalue weighted by molar-refractivity contribution is -0.384. The summed E-state index contributed by atoms with van der Waals surface area (Å²) in [5.41, 5.74) is 0.607. The van der Waals surface area contributed by atoms with Crippen LogP contribution in [0.5, 0.6) is 5.75 Å². The monoisotopic (exact) mass is 336 g/mol. The predicted octanol–water partition coefficient (Wildman–Crippen LogP) is 2.94. The highest BCUT2D eigenvalue weighted by molar-refractivity contribution is 7.91. The van der Waals surface area contributed by atoms with Crippen molar-refractivity contribution >= 4 is 21.4 Å². The number of nitrogens with one attached hydrogen (secondary N) is 1. The van der Waals surface area contributed by atoms with Crippen LogP contribution in [-0.2, 0) is 15.8 Å². The Bertz CT molecular complexity index is 788. The van der Waals surface area contributed by atoms with Crippen molar-refractivity contribution in [2.45, 2.75) is 12.7 Å². The van der Waals surface area contributed by atoms with Crippen molar-refractivity contribution in [3.63, 3.8) is 0 Å². The maximum Gasteiger partial charge on any atom is 0.269 e. The third-order valence-corrected chi connectivity index (χ3v) is 4.18. The zero-order valence-corrected chi connectivity index (χ0v) is 13.2. The van der Waals surface area contributed by atoms with Gasteiger partial charge in [0.1, 0.15) is 5.75 Å². The summed E-state index contributed by atoms with van der Waals surface area (Å²) in [5, 5.41) is 10.7. The van der Waals surface area contributed by atoms with Crippen LogP contribution >= 0.6 is 0 Å². The first kappa shape index (κ1) is 16.8. The molecule has 0 aliphatic carbocycles. The van der Waals surface area contributed by atoms with E-state index in [0.717, 1.165) is 0 Å². The van der Waals surface area contributed by atoms with Gasteiger partial charge in [-0.2, -0.15) is 0 Å². The van der Waals surface area contributed by atoms with Crippen molar-refractivity contribution in [1.29, 1.82) is 0 Å². The molecule has 7 nitrogen and oxygen atoms in total. The summed E-state index contributed by atoms with van der Waals surface area (Å²) < 4.78 is 32.0. The molecular formula is C15H16N2O5S. The molecule has 2 aromatic rings. The first-order chi connectivity index (χ1) is 10.9. The fourth-order valence-corrected chi connectivity index (χ4v) is 3.17. The molecule has 0 saturated heterocycles. The molecule has 0 fully saturated rings. The van der Waals surface area contributed by atoms with Crippen molar-refractivity contribution in [2.24, 2.45) is 0 Å². The lowest BCUT2D eigenvalue weighted by Crippen LogP contribution is -2.15. The van der Waals surface area contributed by atoms with Crippen molar-refractivity contribution < 1.29 is 18.1 Å². The van der Waals surface area contributed by atoms with E-state index in [1.807, 2.05) is 6.92 Å². The number of nitro groups is 1. The molecule has 0 heterocycles. The average Bonchev–Trinajstić information content (AvgIpc) is 2.49. The minimum Gasteiger partial charge on any atom is -0.494 e. The van der Waals surface area contributed by atoms with E-state index in [4.69, 9.17) is 4.74 Å². The number of anilines is 1. The molecule has 1 N–H and O–H groups in total. The van der Waals surface area contributed by atoms with Gasteiger partial charge in [0, 0.05) is 17.8 Å². The lowest BCUT2D eigenvalue weighted by atomic mass is 10.2. The molecule has 122 valence electrons. The van der Waals surface area contributed by atoms with Crippen LogP contribution in [0.2, 0.25) is 0 Å². The number of nitrogens with zero attached hydrogens (tertiary/aromatic N) is 1. The van der Waals surface area contributed by atoms with Gasteiger partial charge in [-0.3, -0.25) is 14.8 Å². The fraction of sp³-hybridized carbons (Fsp3) is 0.200. The van der Waals surface area contributed by atoms with E-state index in [9.17, 15) is 18.5 Å². The highest BCUT2D eigenvalue weighted by atomic mass is 32.2. The molecule has 2 aromatic carbocycles. The van der Waals surface area contributed by atoms with E-state index in [-0.39, 0.29) is 11.4 Å². The topological polar surface area (TPSA) is 98.5 Å². The molecule has 23 heavy (non-hydrogen) atoms. The van der Waals surface area contributed by atoms with Crippen LogP contribution in [0.3, 0.4) is 0 Å².